The molecule has 1 unspecified atom stereocenters. The van der Waals surface area contributed by atoms with Crippen molar-refractivity contribution >= 4 is 6.29 Å². The Kier molecular flexibility index (Phi) is 4.55. The summed E-state index contributed by atoms with van der Waals surface area (Å²) in [7, 11) is 0. The molecule has 0 aliphatic heterocycles. The molecule has 1 atom stereocenters. The molecule has 0 fully saturated rings. The van der Waals surface area contributed by atoms with E-state index in [9.17, 15) is 4.79 Å². The van der Waals surface area contributed by atoms with Gasteiger partial charge >= 0.3 is 0 Å². The van der Waals surface area contributed by atoms with E-state index in [1.54, 1.807) is 6.08 Å². The van der Waals surface area contributed by atoms with Crippen molar-refractivity contribution in [3.63, 3.8) is 0 Å². The molecule has 0 N–H and O–H groups in total. The number of hydrogen-bond donors (Lipinski definition) is 0. The standard InChI is InChI=1S/C9H14O/c1-4-9(7-10)6-5-8(2)3/h4-5,7,9H,1,6H2,2-3H3. The first-order valence-electron chi connectivity index (χ1n) is 3.42. The predicted molar refractivity (Wildman–Crippen MR) is 43.8 cm³/mol. The fourth-order valence-corrected chi connectivity index (χ4v) is 0.579. The van der Waals surface area contributed by atoms with Gasteiger partial charge in [0.2, 0.25) is 0 Å². The van der Waals surface area contributed by atoms with Crippen LogP contribution in [0.15, 0.2) is 24.3 Å². The van der Waals surface area contributed by atoms with Crippen LogP contribution in [-0.2, 0) is 4.79 Å². The van der Waals surface area contributed by atoms with E-state index in [1.807, 2.05) is 19.9 Å². The first kappa shape index (κ1) is 9.15. The summed E-state index contributed by atoms with van der Waals surface area (Å²) in [5, 5.41) is 0. The molecule has 0 aromatic rings. The van der Waals surface area contributed by atoms with Crippen molar-refractivity contribution in [2.24, 2.45) is 5.92 Å². The third-order valence-corrected chi connectivity index (χ3v) is 1.28. The normalized spacial score (nSPS) is 11.8. The Bertz CT molecular complexity index is 133. The Labute approximate surface area is 62.4 Å². The lowest BCUT2D eigenvalue weighted by Gasteiger charge is -1.97. The summed E-state index contributed by atoms with van der Waals surface area (Å²) in [5.41, 5.74) is 1.24. The summed E-state index contributed by atoms with van der Waals surface area (Å²) in [6.45, 7) is 7.59. The lowest BCUT2D eigenvalue weighted by Crippen LogP contribution is -1.94. The maximum absolute atomic E-state index is 10.2. The van der Waals surface area contributed by atoms with Gasteiger partial charge < -0.3 is 4.79 Å². The Morgan fingerprint density at radius 1 is 1.60 bits per heavy atom. The third-order valence-electron chi connectivity index (χ3n) is 1.28. The zero-order valence-electron chi connectivity index (χ0n) is 6.63. The molecule has 0 amide bonds. The molecule has 10 heavy (non-hydrogen) atoms. The van der Waals surface area contributed by atoms with Crippen LogP contribution in [-0.4, -0.2) is 6.29 Å². The highest BCUT2D eigenvalue weighted by atomic mass is 16.1. The predicted octanol–water partition coefficient (Wildman–Crippen LogP) is 2.34. The molecule has 0 aliphatic carbocycles. The number of carbonyl (C=O) groups is 1. The van der Waals surface area contributed by atoms with Crippen LogP contribution in [0.1, 0.15) is 20.3 Å². The molecule has 0 bridgehead atoms. The highest BCUT2D eigenvalue weighted by Gasteiger charge is 1.96. The SMILES string of the molecule is C=CC(C=O)CC=C(C)C. The van der Waals surface area contributed by atoms with Gasteiger partial charge in [-0.1, -0.05) is 17.7 Å². The van der Waals surface area contributed by atoms with Gasteiger partial charge in [-0.15, -0.1) is 6.58 Å². The molecule has 0 saturated heterocycles. The Morgan fingerprint density at radius 3 is 2.50 bits per heavy atom. The van der Waals surface area contributed by atoms with Crippen LogP contribution < -0.4 is 0 Å². The highest BCUT2D eigenvalue weighted by molar-refractivity contribution is 5.56. The molecule has 1 heteroatoms. The van der Waals surface area contributed by atoms with Crippen LogP contribution in [0.2, 0.25) is 0 Å². The van der Waals surface area contributed by atoms with Gasteiger partial charge in [0.1, 0.15) is 6.29 Å². The maximum atomic E-state index is 10.2. The number of hydrogen-bond acceptors (Lipinski definition) is 1. The number of allylic oxidation sites excluding steroid dienone is 3. The van der Waals surface area contributed by atoms with Gasteiger partial charge in [-0.25, -0.2) is 0 Å². The molecule has 0 aromatic carbocycles. The largest absolute Gasteiger partial charge is 0.303 e. The highest BCUT2D eigenvalue weighted by Crippen LogP contribution is 2.03. The van der Waals surface area contributed by atoms with Gasteiger partial charge in [0, 0.05) is 5.92 Å². The Hall–Kier alpha value is -0.850. The van der Waals surface area contributed by atoms with E-state index in [0.29, 0.717) is 0 Å². The van der Waals surface area contributed by atoms with E-state index in [1.165, 1.54) is 5.57 Å². The van der Waals surface area contributed by atoms with Gasteiger partial charge in [-0.3, -0.25) is 0 Å². The lowest BCUT2D eigenvalue weighted by atomic mass is 10.1. The minimum atomic E-state index is -0.00472. The average Bonchev–Trinajstić information content (AvgIpc) is 1.90. The van der Waals surface area contributed by atoms with E-state index < -0.39 is 0 Å². The number of rotatable bonds is 4. The van der Waals surface area contributed by atoms with E-state index in [-0.39, 0.29) is 5.92 Å². The smallest absolute Gasteiger partial charge is 0.127 e. The van der Waals surface area contributed by atoms with Crippen molar-refractivity contribution in [2.75, 3.05) is 0 Å². The molecule has 0 radical (unpaired) electrons. The molecule has 0 heterocycles. The van der Waals surface area contributed by atoms with Crippen LogP contribution in [0.4, 0.5) is 0 Å². The van der Waals surface area contributed by atoms with Gasteiger partial charge in [-0.2, -0.15) is 0 Å². The zero-order chi connectivity index (χ0) is 7.98. The summed E-state index contributed by atoms with van der Waals surface area (Å²) >= 11 is 0. The number of aldehydes is 1. The summed E-state index contributed by atoms with van der Waals surface area (Å²) < 4.78 is 0. The van der Waals surface area contributed by atoms with E-state index in [0.717, 1.165) is 12.7 Å². The zero-order valence-corrected chi connectivity index (χ0v) is 6.63. The minimum Gasteiger partial charge on any atom is -0.303 e. The second-order valence-corrected chi connectivity index (χ2v) is 2.55. The Balaban J connectivity index is 3.75. The van der Waals surface area contributed by atoms with Crippen molar-refractivity contribution in [3.8, 4) is 0 Å². The van der Waals surface area contributed by atoms with Crippen molar-refractivity contribution < 1.29 is 4.79 Å². The first-order valence-corrected chi connectivity index (χ1v) is 3.42. The average molecular weight is 138 g/mol. The van der Waals surface area contributed by atoms with Crippen molar-refractivity contribution in [1.82, 2.24) is 0 Å². The fraction of sp³-hybridized carbons (Fsp3) is 0.444. The van der Waals surface area contributed by atoms with Gasteiger partial charge in [0.25, 0.3) is 0 Å². The molecule has 1 nitrogen and oxygen atoms in total. The second-order valence-electron chi connectivity index (χ2n) is 2.55. The van der Waals surface area contributed by atoms with Crippen LogP contribution in [0.3, 0.4) is 0 Å². The molecule has 0 aliphatic rings. The topological polar surface area (TPSA) is 17.1 Å². The first-order chi connectivity index (χ1) is 4.70. The van der Waals surface area contributed by atoms with Crippen molar-refractivity contribution in [3.05, 3.63) is 24.3 Å². The van der Waals surface area contributed by atoms with Crippen molar-refractivity contribution in [1.29, 1.82) is 0 Å². The monoisotopic (exact) mass is 138 g/mol. The van der Waals surface area contributed by atoms with E-state index >= 15 is 0 Å². The molecule has 56 valence electrons. The molecule has 0 aromatic heterocycles. The van der Waals surface area contributed by atoms with Crippen LogP contribution >= 0.6 is 0 Å². The van der Waals surface area contributed by atoms with E-state index in [2.05, 4.69) is 6.58 Å². The summed E-state index contributed by atoms with van der Waals surface area (Å²) in [5.74, 6) is -0.00472. The van der Waals surface area contributed by atoms with Crippen LogP contribution in [0.5, 0.6) is 0 Å². The summed E-state index contributed by atoms with van der Waals surface area (Å²) in [6, 6.07) is 0. The van der Waals surface area contributed by atoms with E-state index in [4.69, 9.17) is 0 Å². The quantitative estimate of drug-likeness (QED) is 0.430. The fourth-order valence-electron chi connectivity index (χ4n) is 0.579. The van der Waals surface area contributed by atoms with Crippen molar-refractivity contribution in [2.45, 2.75) is 20.3 Å². The minimum absolute atomic E-state index is 0.00472. The number of carbonyl (C=O) groups excluding carboxylic acids is 1. The lowest BCUT2D eigenvalue weighted by molar-refractivity contribution is -0.109. The molecular formula is C9H14O. The molecule has 0 saturated carbocycles. The third kappa shape index (κ3) is 4.07. The molecule has 0 spiro atoms. The van der Waals surface area contributed by atoms with Gasteiger partial charge in [0.05, 0.1) is 0 Å². The Morgan fingerprint density at radius 2 is 2.20 bits per heavy atom. The van der Waals surface area contributed by atoms with Crippen LogP contribution in [0.25, 0.3) is 0 Å². The summed E-state index contributed by atoms with van der Waals surface area (Å²) in [4.78, 5) is 10.2. The second kappa shape index (κ2) is 4.98. The van der Waals surface area contributed by atoms with Gasteiger partial charge in [-0.05, 0) is 20.3 Å². The molecule has 0 rings (SSSR count). The van der Waals surface area contributed by atoms with Gasteiger partial charge in [0.15, 0.2) is 0 Å². The summed E-state index contributed by atoms with van der Waals surface area (Å²) in [6.07, 6.45) is 5.43. The van der Waals surface area contributed by atoms with Crippen LogP contribution in [0, 0.1) is 5.92 Å². The molecular weight excluding hydrogens is 124 g/mol. The maximum Gasteiger partial charge on any atom is 0.127 e.